The lowest BCUT2D eigenvalue weighted by atomic mass is 10.2. The van der Waals surface area contributed by atoms with E-state index in [2.05, 4.69) is 4.98 Å². The zero-order chi connectivity index (χ0) is 14.0. The van der Waals surface area contributed by atoms with Crippen LogP contribution in [0.2, 0.25) is 5.02 Å². The molecule has 0 unspecified atom stereocenters. The van der Waals surface area contributed by atoms with E-state index in [9.17, 15) is 13.2 Å². The fraction of sp³-hybridized carbons (Fsp3) is 0.417. The summed E-state index contributed by atoms with van der Waals surface area (Å²) in [5, 5.41) is 0.553. The minimum atomic E-state index is -4.09. The minimum absolute atomic E-state index is 0.0957. The summed E-state index contributed by atoms with van der Waals surface area (Å²) < 4.78 is 38.4. The van der Waals surface area contributed by atoms with Crippen molar-refractivity contribution in [2.45, 2.75) is 32.0 Å². The van der Waals surface area contributed by atoms with E-state index in [0.29, 0.717) is 22.8 Å². The first-order chi connectivity index (χ1) is 8.88. The van der Waals surface area contributed by atoms with Crippen LogP contribution in [0.1, 0.15) is 19.3 Å². The summed E-state index contributed by atoms with van der Waals surface area (Å²) in [6.45, 7) is 0.454. The maximum Gasteiger partial charge on any atom is 0.389 e. The van der Waals surface area contributed by atoms with Gasteiger partial charge in [-0.2, -0.15) is 13.2 Å². The lowest BCUT2D eigenvalue weighted by Crippen LogP contribution is -2.07. The van der Waals surface area contributed by atoms with Crippen molar-refractivity contribution in [1.29, 1.82) is 0 Å². The number of hydrogen-bond acceptors (Lipinski definition) is 1. The molecule has 2 aromatic rings. The molecule has 0 spiro atoms. The Balaban J connectivity index is 2.11. The molecule has 19 heavy (non-hydrogen) atoms. The number of fused-ring (bicyclic) bond motifs is 1. The Morgan fingerprint density at radius 1 is 1.26 bits per heavy atom. The topological polar surface area (TPSA) is 20.7 Å². The van der Waals surface area contributed by atoms with Gasteiger partial charge in [0.25, 0.3) is 0 Å². The fourth-order valence-corrected chi connectivity index (χ4v) is 2.47. The standard InChI is InChI=1S/C12H12ClF3N2S/c13-8-4-3-5-9-10(8)17-11(19)18(9)7-2-1-6-12(14,15)16/h3-5H,1-2,6-7H2,(H,17,19). The zero-order valence-electron chi connectivity index (χ0n) is 9.93. The molecule has 0 atom stereocenters. The Labute approximate surface area is 118 Å². The highest BCUT2D eigenvalue weighted by Gasteiger charge is 2.25. The van der Waals surface area contributed by atoms with Gasteiger partial charge in [0.05, 0.1) is 16.1 Å². The van der Waals surface area contributed by atoms with Crippen LogP contribution >= 0.6 is 23.8 Å². The van der Waals surface area contributed by atoms with Crippen molar-refractivity contribution in [1.82, 2.24) is 9.55 Å². The maximum absolute atomic E-state index is 12.1. The van der Waals surface area contributed by atoms with Crippen molar-refractivity contribution in [3.8, 4) is 0 Å². The number of nitrogens with one attached hydrogen (secondary N) is 1. The monoisotopic (exact) mass is 308 g/mol. The summed E-state index contributed by atoms with van der Waals surface area (Å²) in [5.74, 6) is 0. The van der Waals surface area contributed by atoms with Gasteiger partial charge in [0.15, 0.2) is 4.77 Å². The summed E-state index contributed by atoms with van der Waals surface area (Å²) in [5.41, 5.74) is 1.55. The number of aromatic amines is 1. The molecule has 1 aromatic heterocycles. The Kier molecular flexibility index (Phi) is 4.20. The summed E-state index contributed by atoms with van der Waals surface area (Å²) in [4.78, 5) is 2.98. The Morgan fingerprint density at radius 3 is 2.68 bits per heavy atom. The molecule has 104 valence electrons. The van der Waals surface area contributed by atoms with E-state index in [1.165, 1.54) is 0 Å². The van der Waals surface area contributed by atoms with Gasteiger partial charge in [0, 0.05) is 13.0 Å². The van der Waals surface area contributed by atoms with Gasteiger partial charge < -0.3 is 9.55 Å². The summed E-state index contributed by atoms with van der Waals surface area (Å²) in [7, 11) is 0. The number of unbranched alkanes of at least 4 members (excludes halogenated alkanes) is 1. The van der Waals surface area contributed by atoms with Crippen molar-refractivity contribution in [3.63, 3.8) is 0 Å². The number of alkyl halides is 3. The first kappa shape index (κ1) is 14.4. The summed E-state index contributed by atoms with van der Waals surface area (Å²) in [6, 6.07) is 5.37. The molecule has 7 heteroatoms. The van der Waals surface area contributed by atoms with Crippen molar-refractivity contribution in [2.24, 2.45) is 0 Å². The molecule has 1 aromatic carbocycles. The van der Waals surface area contributed by atoms with Gasteiger partial charge in [0.1, 0.15) is 0 Å². The fourth-order valence-electron chi connectivity index (χ4n) is 1.96. The van der Waals surface area contributed by atoms with Gasteiger partial charge in [-0.1, -0.05) is 17.7 Å². The number of halogens is 4. The average molecular weight is 309 g/mol. The Bertz CT molecular complexity index is 630. The second-order valence-corrected chi connectivity index (χ2v) is 5.08. The molecule has 0 saturated heterocycles. The van der Waals surface area contributed by atoms with Gasteiger partial charge in [-0.3, -0.25) is 0 Å². The largest absolute Gasteiger partial charge is 0.389 e. The molecule has 1 heterocycles. The number of rotatable bonds is 4. The van der Waals surface area contributed by atoms with Crippen LogP contribution in [0.5, 0.6) is 0 Å². The lowest BCUT2D eigenvalue weighted by molar-refractivity contribution is -0.135. The van der Waals surface area contributed by atoms with E-state index in [4.69, 9.17) is 23.8 Å². The number of imidazole rings is 1. The number of aromatic nitrogens is 2. The van der Waals surface area contributed by atoms with E-state index in [1.54, 1.807) is 16.7 Å². The van der Waals surface area contributed by atoms with Crippen molar-refractivity contribution in [3.05, 3.63) is 28.0 Å². The molecular weight excluding hydrogens is 297 g/mol. The van der Waals surface area contributed by atoms with Crippen LogP contribution in [0.15, 0.2) is 18.2 Å². The number of H-pyrrole nitrogens is 1. The van der Waals surface area contributed by atoms with E-state index in [1.807, 2.05) is 6.07 Å². The minimum Gasteiger partial charge on any atom is -0.329 e. The first-order valence-corrected chi connectivity index (χ1v) is 6.61. The van der Waals surface area contributed by atoms with Crippen molar-refractivity contribution in [2.75, 3.05) is 0 Å². The molecule has 0 aliphatic heterocycles. The van der Waals surface area contributed by atoms with Gasteiger partial charge >= 0.3 is 6.18 Å². The molecule has 0 bridgehead atoms. The summed E-state index contributed by atoms with van der Waals surface area (Å²) in [6.07, 6.45) is -4.33. The van der Waals surface area contributed by atoms with Gasteiger partial charge in [0.2, 0.25) is 0 Å². The van der Waals surface area contributed by atoms with Crippen LogP contribution in [-0.4, -0.2) is 15.7 Å². The smallest absolute Gasteiger partial charge is 0.329 e. The Morgan fingerprint density at radius 2 is 2.00 bits per heavy atom. The molecule has 0 fully saturated rings. The molecule has 0 radical (unpaired) electrons. The van der Waals surface area contributed by atoms with Crippen molar-refractivity contribution < 1.29 is 13.2 Å². The lowest BCUT2D eigenvalue weighted by Gasteiger charge is -2.07. The second-order valence-electron chi connectivity index (χ2n) is 4.29. The van der Waals surface area contributed by atoms with Crippen LogP contribution < -0.4 is 0 Å². The van der Waals surface area contributed by atoms with E-state index >= 15 is 0 Å². The Hall–Kier alpha value is -1.01. The number of para-hydroxylation sites is 1. The predicted molar refractivity (Wildman–Crippen MR) is 72.0 cm³/mol. The number of nitrogens with zero attached hydrogens (tertiary/aromatic N) is 1. The van der Waals surface area contributed by atoms with Crippen molar-refractivity contribution >= 4 is 34.9 Å². The second kappa shape index (κ2) is 5.54. The van der Waals surface area contributed by atoms with E-state index in [0.717, 1.165) is 11.0 Å². The highest BCUT2D eigenvalue weighted by molar-refractivity contribution is 7.71. The van der Waals surface area contributed by atoms with Crippen LogP contribution in [0.4, 0.5) is 13.2 Å². The average Bonchev–Trinajstić information content (AvgIpc) is 2.62. The predicted octanol–water partition coefficient (Wildman–Crippen LogP) is 5.08. The molecule has 1 N–H and O–H groups in total. The van der Waals surface area contributed by atoms with E-state index < -0.39 is 12.6 Å². The molecule has 2 rings (SSSR count). The highest BCUT2D eigenvalue weighted by atomic mass is 35.5. The highest BCUT2D eigenvalue weighted by Crippen LogP contribution is 2.25. The zero-order valence-corrected chi connectivity index (χ0v) is 11.5. The molecule has 0 aliphatic rings. The SMILES string of the molecule is FC(F)(F)CCCCn1c(=S)[nH]c2c(Cl)cccc21. The third-order valence-electron chi connectivity index (χ3n) is 2.85. The third-order valence-corrected chi connectivity index (χ3v) is 3.49. The van der Waals surface area contributed by atoms with E-state index in [-0.39, 0.29) is 6.42 Å². The first-order valence-electron chi connectivity index (χ1n) is 5.82. The maximum atomic E-state index is 12.1. The number of benzene rings is 1. The quantitative estimate of drug-likeness (QED) is 0.616. The number of aryl methyl sites for hydroxylation is 1. The normalized spacial score (nSPS) is 12.2. The van der Waals surface area contributed by atoms with Gasteiger partial charge in [-0.15, -0.1) is 0 Å². The summed E-state index contributed by atoms with van der Waals surface area (Å²) >= 11 is 11.2. The number of hydrogen-bond donors (Lipinski definition) is 1. The van der Waals surface area contributed by atoms with Crippen LogP contribution in [0.25, 0.3) is 11.0 Å². The molecule has 0 aliphatic carbocycles. The van der Waals surface area contributed by atoms with Crippen LogP contribution in [0, 0.1) is 4.77 Å². The molecular formula is C12H12ClF3N2S. The molecule has 0 amide bonds. The van der Waals surface area contributed by atoms with Crippen LogP contribution in [0.3, 0.4) is 0 Å². The molecule has 0 saturated carbocycles. The van der Waals surface area contributed by atoms with Gasteiger partial charge in [-0.25, -0.2) is 0 Å². The van der Waals surface area contributed by atoms with Gasteiger partial charge in [-0.05, 0) is 37.2 Å². The molecule has 2 nitrogen and oxygen atoms in total. The van der Waals surface area contributed by atoms with Crippen LogP contribution in [-0.2, 0) is 6.54 Å². The third kappa shape index (κ3) is 3.51.